The molecule has 0 atom stereocenters. The van der Waals surface area contributed by atoms with Crippen LogP contribution in [-0.4, -0.2) is 8.75 Å². The zero-order valence-corrected chi connectivity index (χ0v) is 19.6. The molecule has 0 aliphatic carbocycles. The number of benzene rings is 2. The lowest BCUT2D eigenvalue weighted by Crippen LogP contribution is -3.00. The average molecular weight is 533 g/mol. The van der Waals surface area contributed by atoms with Crippen LogP contribution in [0.5, 0.6) is 0 Å². The number of hydrogen-bond donors (Lipinski definition) is 0. The number of hydrogen-bond acceptors (Lipinski definition) is 5. The van der Waals surface area contributed by atoms with Crippen molar-refractivity contribution < 1.29 is 28.5 Å². The van der Waals surface area contributed by atoms with E-state index in [0.29, 0.717) is 0 Å². The molecule has 0 aliphatic rings. The summed E-state index contributed by atoms with van der Waals surface area (Å²) in [4.78, 5) is 2.47. The minimum Gasteiger partial charge on any atom is -1.00 e. The second-order valence-corrected chi connectivity index (χ2v) is 8.83. The summed E-state index contributed by atoms with van der Waals surface area (Å²) < 4.78 is 12.5. The smallest absolute Gasteiger partial charge is 0.262 e. The van der Waals surface area contributed by atoms with Crippen LogP contribution in [0.25, 0.3) is 43.8 Å². The first-order valence-corrected chi connectivity index (χ1v) is 11.1. The van der Waals surface area contributed by atoms with Crippen LogP contribution < -0.4 is 28.5 Å². The number of nitrogens with zero attached hydrogens (tertiary/aromatic N) is 3. The van der Waals surface area contributed by atoms with E-state index in [1.165, 1.54) is 36.7 Å². The van der Waals surface area contributed by atoms with Gasteiger partial charge in [0, 0.05) is 27.5 Å². The highest BCUT2D eigenvalue weighted by molar-refractivity contribution is 7.19. The van der Waals surface area contributed by atoms with E-state index in [9.17, 15) is 0 Å². The molecule has 0 aliphatic heterocycles. The zero-order valence-electron chi connectivity index (χ0n) is 15.0. The number of thiophene rings is 1. The Morgan fingerprint density at radius 2 is 1.82 bits per heavy atom. The molecule has 140 valence electrons. The van der Waals surface area contributed by atoms with Crippen LogP contribution in [0, 0.1) is 0 Å². The van der Waals surface area contributed by atoms with Gasteiger partial charge in [0.15, 0.2) is 0 Å². The van der Waals surface area contributed by atoms with Crippen LogP contribution in [0.4, 0.5) is 0 Å². The van der Waals surface area contributed by atoms with Crippen LogP contribution in [0.15, 0.2) is 54.6 Å². The molecule has 0 fully saturated rings. The molecule has 5 rings (SSSR count). The normalized spacial score (nSPS) is 11.5. The maximum atomic E-state index is 4.46. The number of aryl methyl sites for hydroxylation is 1. The lowest BCUT2D eigenvalue weighted by Gasteiger charge is -1.97. The summed E-state index contributed by atoms with van der Waals surface area (Å²) in [5, 5.41) is 1.28. The highest BCUT2D eigenvalue weighted by atomic mass is 127. The summed E-state index contributed by atoms with van der Waals surface area (Å²) in [7, 11) is 0. The molecule has 0 saturated heterocycles. The summed E-state index contributed by atoms with van der Waals surface area (Å²) in [5.41, 5.74) is 4.43. The summed E-state index contributed by atoms with van der Waals surface area (Å²) in [6.07, 6.45) is 4.44. The molecule has 3 aromatic heterocycles. The van der Waals surface area contributed by atoms with Gasteiger partial charge in [0.1, 0.15) is 22.3 Å². The number of fused-ring (bicyclic) bond motifs is 2. The van der Waals surface area contributed by atoms with E-state index >= 15 is 0 Å². The fraction of sp³-hybridized carbons (Fsp3) is 0.0952. The van der Waals surface area contributed by atoms with Gasteiger partial charge in [-0.15, -0.1) is 11.3 Å². The predicted molar refractivity (Wildman–Crippen MR) is 117 cm³/mol. The SMILES string of the molecule is CC[n+]1c(/C=C/c2ccc(-c3cccc4nsnc34)s2)sc2ccccc21.[I-]. The van der Waals surface area contributed by atoms with Gasteiger partial charge in [-0.05, 0) is 37.3 Å². The van der Waals surface area contributed by atoms with Crippen molar-refractivity contribution in [2.75, 3.05) is 0 Å². The second-order valence-electron chi connectivity index (χ2n) is 6.13. The summed E-state index contributed by atoms with van der Waals surface area (Å²) in [6, 6.07) is 19.1. The summed E-state index contributed by atoms with van der Waals surface area (Å²) in [6.45, 7) is 3.17. The minimum absolute atomic E-state index is 0. The van der Waals surface area contributed by atoms with Gasteiger partial charge < -0.3 is 24.0 Å². The van der Waals surface area contributed by atoms with Crippen molar-refractivity contribution in [1.29, 1.82) is 0 Å². The van der Waals surface area contributed by atoms with Crippen molar-refractivity contribution in [3.8, 4) is 10.4 Å². The molecular formula is C21H16IN3S3. The highest BCUT2D eigenvalue weighted by Crippen LogP contribution is 2.33. The summed E-state index contributed by atoms with van der Waals surface area (Å²) >= 11 is 4.90. The third-order valence-electron chi connectivity index (χ3n) is 4.52. The average Bonchev–Trinajstić information content (AvgIpc) is 3.43. The zero-order chi connectivity index (χ0) is 18.2. The Bertz CT molecular complexity index is 1280. The molecular weight excluding hydrogens is 517 g/mol. The fourth-order valence-corrected chi connectivity index (χ4v) is 5.86. The molecule has 3 nitrogen and oxygen atoms in total. The van der Waals surface area contributed by atoms with Gasteiger partial charge in [-0.25, -0.2) is 0 Å². The fourth-order valence-electron chi connectivity index (χ4n) is 3.25. The molecule has 3 heterocycles. The van der Waals surface area contributed by atoms with Gasteiger partial charge in [0.05, 0.1) is 11.7 Å². The third kappa shape index (κ3) is 3.52. The molecule has 0 N–H and O–H groups in total. The number of rotatable bonds is 4. The first-order chi connectivity index (χ1) is 13.3. The van der Waals surface area contributed by atoms with Crippen molar-refractivity contribution in [3.63, 3.8) is 0 Å². The van der Waals surface area contributed by atoms with Crippen molar-refractivity contribution in [1.82, 2.24) is 8.75 Å². The van der Waals surface area contributed by atoms with E-state index in [-0.39, 0.29) is 24.0 Å². The van der Waals surface area contributed by atoms with E-state index in [4.69, 9.17) is 0 Å². The highest BCUT2D eigenvalue weighted by Gasteiger charge is 2.16. The van der Waals surface area contributed by atoms with E-state index < -0.39 is 0 Å². The topological polar surface area (TPSA) is 29.7 Å². The van der Waals surface area contributed by atoms with E-state index in [0.717, 1.165) is 23.1 Å². The Morgan fingerprint density at radius 3 is 2.71 bits per heavy atom. The van der Waals surface area contributed by atoms with Gasteiger partial charge in [-0.3, -0.25) is 0 Å². The molecule has 0 spiro atoms. The maximum absolute atomic E-state index is 4.46. The Labute approximate surface area is 192 Å². The van der Waals surface area contributed by atoms with Crippen molar-refractivity contribution >= 4 is 67.8 Å². The predicted octanol–water partition coefficient (Wildman–Crippen LogP) is 3.12. The summed E-state index contributed by atoms with van der Waals surface area (Å²) in [5.74, 6) is 0. The Morgan fingerprint density at radius 1 is 0.929 bits per heavy atom. The lowest BCUT2D eigenvalue weighted by molar-refractivity contribution is -0.665. The van der Waals surface area contributed by atoms with Crippen LogP contribution in [0.3, 0.4) is 0 Å². The molecule has 2 aromatic carbocycles. The standard InChI is InChI=1S/C21H16N3S3.HI/c1-2-24-17-8-3-4-9-19(17)26-20(24)13-11-14-10-12-18(25-14)15-6-5-7-16-21(15)23-27-22-16;/h3-13H,2H2,1H3;1H/q+1;/p-1/b13-11+;. The molecule has 0 amide bonds. The molecule has 0 saturated carbocycles. The van der Waals surface area contributed by atoms with E-state index in [2.05, 4.69) is 80.9 Å². The van der Waals surface area contributed by atoms with E-state index in [1.807, 2.05) is 17.4 Å². The van der Waals surface area contributed by atoms with Crippen molar-refractivity contribution in [3.05, 3.63) is 64.5 Å². The van der Waals surface area contributed by atoms with Crippen LogP contribution in [-0.2, 0) is 6.54 Å². The molecule has 7 heteroatoms. The molecule has 5 aromatic rings. The first-order valence-electron chi connectivity index (χ1n) is 8.74. The number of thiazole rings is 1. The minimum atomic E-state index is 0. The first kappa shape index (κ1) is 19.6. The van der Waals surface area contributed by atoms with Crippen molar-refractivity contribution in [2.45, 2.75) is 13.5 Å². The Balaban J connectivity index is 0.00000192. The van der Waals surface area contributed by atoms with Gasteiger partial charge in [-0.2, -0.15) is 13.3 Å². The molecule has 0 unspecified atom stereocenters. The Kier molecular flexibility index (Phi) is 5.86. The number of aromatic nitrogens is 3. The molecule has 0 radical (unpaired) electrons. The van der Waals surface area contributed by atoms with Crippen LogP contribution in [0.1, 0.15) is 16.8 Å². The monoisotopic (exact) mass is 533 g/mol. The lowest BCUT2D eigenvalue weighted by atomic mass is 10.1. The van der Waals surface area contributed by atoms with E-state index in [1.54, 1.807) is 11.3 Å². The van der Waals surface area contributed by atoms with Crippen LogP contribution in [0.2, 0.25) is 0 Å². The largest absolute Gasteiger partial charge is 1.00 e. The van der Waals surface area contributed by atoms with Gasteiger partial charge in [-0.1, -0.05) is 35.6 Å². The quantitative estimate of drug-likeness (QED) is 0.263. The van der Waals surface area contributed by atoms with Gasteiger partial charge in [0.25, 0.3) is 5.01 Å². The second kappa shape index (κ2) is 8.36. The van der Waals surface area contributed by atoms with Gasteiger partial charge >= 0.3 is 0 Å². The number of para-hydroxylation sites is 1. The molecule has 28 heavy (non-hydrogen) atoms. The van der Waals surface area contributed by atoms with Crippen molar-refractivity contribution in [2.24, 2.45) is 0 Å². The third-order valence-corrected chi connectivity index (χ3v) is 7.28. The van der Waals surface area contributed by atoms with Crippen LogP contribution >= 0.6 is 34.4 Å². The maximum Gasteiger partial charge on any atom is 0.262 e. The molecule has 0 bridgehead atoms. The number of halogens is 1. The van der Waals surface area contributed by atoms with Gasteiger partial charge in [0.2, 0.25) is 5.52 Å². The Hall–Kier alpha value is -1.68.